The van der Waals surface area contributed by atoms with Gasteiger partial charge in [0.1, 0.15) is 4.90 Å². The first-order chi connectivity index (χ1) is 14.4. The summed E-state index contributed by atoms with van der Waals surface area (Å²) in [5, 5.41) is 9.37. The van der Waals surface area contributed by atoms with E-state index in [2.05, 4.69) is 19.9 Å². The van der Waals surface area contributed by atoms with Crippen molar-refractivity contribution in [2.75, 3.05) is 11.8 Å². The lowest BCUT2D eigenvalue weighted by Crippen LogP contribution is -2.14. The molecule has 154 valence electrons. The van der Waals surface area contributed by atoms with E-state index in [9.17, 15) is 8.42 Å². The van der Waals surface area contributed by atoms with Crippen molar-refractivity contribution in [3.63, 3.8) is 0 Å². The molecular weight excluding hydrogens is 404 g/mol. The van der Waals surface area contributed by atoms with Crippen LogP contribution in [0.1, 0.15) is 18.4 Å². The van der Waals surface area contributed by atoms with Gasteiger partial charge in [0, 0.05) is 37.5 Å². The van der Waals surface area contributed by atoms with Gasteiger partial charge in [-0.15, -0.1) is 0 Å². The topological polar surface area (TPSA) is 104 Å². The Hall–Kier alpha value is -3.24. The van der Waals surface area contributed by atoms with Gasteiger partial charge < -0.3 is 4.74 Å². The second-order valence-corrected chi connectivity index (χ2v) is 9.02. The summed E-state index contributed by atoms with van der Waals surface area (Å²) in [5.74, 6) is 0.529. The average molecular weight is 424 g/mol. The van der Waals surface area contributed by atoms with E-state index < -0.39 is 10.0 Å². The van der Waals surface area contributed by atoms with Crippen LogP contribution in [0.25, 0.3) is 16.7 Å². The van der Waals surface area contributed by atoms with Gasteiger partial charge in [0.05, 0.1) is 29.2 Å². The molecule has 1 aliphatic rings. The standard InChI is InChI=1S/C20H20N6O3S/c1-25-19-14(10-22-25)4-3-5-17(19)24-30(27,28)16-6-7-18(21-12-16)26-13-15(11-23-26)20(29-2)8-9-20/h3-7,10-13,24H,8-9H2,1-2H3. The van der Waals surface area contributed by atoms with Crippen LogP contribution in [0.2, 0.25) is 0 Å². The van der Waals surface area contributed by atoms with Crippen LogP contribution < -0.4 is 4.72 Å². The Bertz CT molecular complexity index is 1340. The minimum Gasteiger partial charge on any atom is -0.373 e. The van der Waals surface area contributed by atoms with Crippen LogP contribution in [0.3, 0.4) is 0 Å². The first-order valence-corrected chi connectivity index (χ1v) is 10.9. The lowest BCUT2D eigenvalue weighted by atomic mass is 10.2. The van der Waals surface area contributed by atoms with E-state index in [1.807, 2.05) is 12.3 Å². The number of sulfonamides is 1. The van der Waals surface area contributed by atoms with Crippen molar-refractivity contribution >= 4 is 26.6 Å². The highest BCUT2D eigenvalue weighted by Crippen LogP contribution is 2.48. The van der Waals surface area contributed by atoms with E-state index in [-0.39, 0.29) is 10.5 Å². The Morgan fingerprint density at radius 2 is 1.93 bits per heavy atom. The van der Waals surface area contributed by atoms with Gasteiger partial charge in [-0.05, 0) is 31.0 Å². The SMILES string of the molecule is COC1(c2cnn(-c3ccc(S(=O)(=O)Nc4cccc5cnn(C)c45)cn3)c2)CC1. The van der Waals surface area contributed by atoms with Gasteiger partial charge >= 0.3 is 0 Å². The smallest absolute Gasteiger partial charge is 0.263 e. The second kappa shape index (κ2) is 6.64. The zero-order valence-corrected chi connectivity index (χ0v) is 17.3. The average Bonchev–Trinajstić information content (AvgIpc) is 3.21. The van der Waals surface area contributed by atoms with Crippen molar-refractivity contribution in [3.05, 3.63) is 60.7 Å². The maximum Gasteiger partial charge on any atom is 0.263 e. The van der Waals surface area contributed by atoms with Gasteiger partial charge in [-0.1, -0.05) is 12.1 Å². The monoisotopic (exact) mass is 424 g/mol. The largest absolute Gasteiger partial charge is 0.373 e. The molecule has 10 heteroatoms. The molecule has 3 aromatic heterocycles. The number of pyridine rings is 1. The minimum atomic E-state index is -3.81. The van der Waals surface area contributed by atoms with Crippen LogP contribution in [0.15, 0.2) is 60.0 Å². The number of anilines is 1. The van der Waals surface area contributed by atoms with Gasteiger partial charge in [0.15, 0.2) is 5.82 Å². The Labute approximate surface area is 173 Å². The molecule has 30 heavy (non-hydrogen) atoms. The minimum absolute atomic E-state index is 0.0633. The first kappa shape index (κ1) is 18.8. The maximum atomic E-state index is 12.9. The first-order valence-electron chi connectivity index (χ1n) is 9.42. The molecule has 1 aromatic carbocycles. The van der Waals surface area contributed by atoms with Gasteiger partial charge in [-0.3, -0.25) is 9.40 Å². The summed E-state index contributed by atoms with van der Waals surface area (Å²) in [6.45, 7) is 0. The molecule has 4 aromatic rings. The molecule has 0 spiro atoms. The summed E-state index contributed by atoms with van der Waals surface area (Å²) >= 11 is 0. The summed E-state index contributed by atoms with van der Waals surface area (Å²) < 4.78 is 37.2. The highest BCUT2D eigenvalue weighted by molar-refractivity contribution is 7.92. The number of aryl methyl sites for hydroxylation is 1. The van der Waals surface area contributed by atoms with Crippen molar-refractivity contribution in [2.45, 2.75) is 23.3 Å². The molecule has 0 unspecified atom stereocenters. The van der Waals surface area contributed by atoms with Crippen molar-refractivity contribution in [3.8, 4) is 5.82 Å². The number of rotatable bonds is 6. The van der Waals surface area contributed by atoms with E-state index in [1.54, 1.807) is 54.1 Å². The number of nitrogens with zero attached hydrogens (tertiary/aromatic N) is 5. The molecule has 1 aliphatic carbocycles. The molecule has 9 nitrogen and oxygen atoms in total. The van der Waals surface area contributed by atoms with Crippen molar-refractivity contribution in [1.82, 2.24) is 24.5 Å². The van der Waals surface area contributed by atoms with Crippen LogP contribution in [-0.4, -0.2) is 40.1 Å². The molecule has 0 amide bonds. The molecule has 0 saturated heterocycles. The van der Waals surface area contributed by atoms with Crippen LogP contribution in [-0.2, 0) is 27.4 Å². The summed E-state index contributed by atoms with van der Waals surface area (Å²) in [5.41, 5.74) is 1.93. The number of hydrogen-bond acceptors (Lipinski definition) is 6. The third kappa shape index (κ3) is 3.04. The molecule has 0 aliphatic heterocycles. The highest BCUT2D eigenvalue weighted by atomic mass is 32.2. The fourth-order valence-corrected chi connectivity index (χ4v) is 4.60. The lowest BCUT2D eigenvalue weighted by molar-refractivity contribution is 0.0789. The fourth-order valence-electron chi connectivity index (χ4n) is 3.59. The Morgan fingerprint density at radius 1 is 1.10 bits per heavy atom. The lowest BCUT2D eigenvalue weighted by Gasteiger charge is -2.11. The number of methoxy groups -OCH3 is 1. The molecule has 0 bridgehead atoms. The van der Waals surface area contributed by atoms with Gasteiger partial charge in [0.2, 0.25) is 0 Å². The summed E-state index contributed by atoms with van der Waals surface area (Å²) in [6, 6.07) is 8.51. The fraction of sp³-hybridized carbons (Fsp3) is 0.250. The third-order valence-corrected chi connectivity index (χ3v) is 6.83. The molecule has 1 N–H and O–H groups in total. The summed E-state index contributed by atoms with van der Waals surface area (Å²) in [7, 11) is -0.350. The van der Waals surface area contributed by atoms with Crippen LogP contribution >= 0.6 is 0 Å². The maximum absolute atomic E-state index is 12.9. The van der Waals surface area contributed by atoms with Crippen LogP contribution in [0.5, 0.6) is 0 Å². The third-order valence-electron chi connectivity index (χ3n) is 5.47. The van der Waals surface area contributed by atoms with Crippen LogP contribution in [0, 0.1) is 0 Å². The Morgan fingerprint density at radius 3 is 2.63 bits per heavy atom. The quantitative estimate of drug-likeness (QED) is 0.510. The number of benzene rings is 1. The van der Waals surface area contributed by atoms with Crippen LogP contribution in [0.4, 0.5) is 5.69 Å². The second-order valence-electron chi connectivity index (χ2n) is 7.34. The summed E-state index contributed by atoms with van der Waals surface area (Å²) in [6.07, 6.45) is 8.58. The number of fused-ring (bicyclic) bond motifs is 1. The van der Waals surface area contributed by atoms with E-state index in [0.717, 1.165) is 23.8 Å². The van der Waals surface area contributed by atoms with Crippen molar-refractivity contribution in [1.29, 1.82) is 0 Å². The van der Waals surface area contributed by atoms with Gasteiger partial charge in [-0.25, -0.2) is 18.1 Å². The molecule has 0 radical (unpaired) electrons. The molecule has 0 atom stereocenters. The number of ether oxygens (including phenoxy) is 1. The number of para-hydroxylation sites is 1. The Balaban J connectivity index is 1.41. The molecule has 1 saturated carbocycles. The zero-order valence-electron chi connectivity index (χ0n) is 16.5. The van der Waals surface area contributed by atoms with Gasteiger partial charge in [0.25, 0.3) is 10.0 Å². The molecule has 3 heterocycles. The van der Waals surface area contributed by atoms with Crippen molar-refractivity contribution in [2.24, 2.45) is 7.05 Å². The molecular formula is C20H20N6O3S. The molecule has 5 rings (SSSR count). The van der Waals surface area contributed by atoms with E-state index in [0.29, 0.717) is 17.0 Å². The van der Waals surface area contributed by atoms with E-state index in [1.165, 1.54) is 12.3 Å². The number of nitrogens with one attached hydrogen (secondary N) is 1. The Kier molecular flexibility index (Phi) is 4.16. The van der Waals surface area contributed by atoms with E-state index >= 15 is 0 Å². The normalized spacial score (nSPS) is 15.4. The molecule has 1 fully saturated rings. The van der Waals surface area contributed by atoms with Crippen molar-refractivity contribution < 1.29 is 13.2 Å². The number of aromatic nitrogens is 5. The highest BCUT2D eigenvalue weighted by Gasteiger charge is 2.45. The predicted molar refractivity (Wildman–Crippen MR) is 111 cm³/mol. The summed E-state index contributed by atoms with van der Waals surface area (Å²) in [4.78, 5) is 4.35. The predicted octanol–water partition coefficient (Wildman–Crippen LogP) is 2.59. The number of hydrogen-bond donors (Lipinski definition) is 1. The zero-order chi connectivity index (χ0) is 20.9. The van der Waals surface area contributed by atoms with Gasteiger partial charge in [-0.2, -0.15) is 10.2 Å². The van der Waals surface area contributed by atoms with E-state index in [4.69, 9.17) is 4.74 Å².